The van der Waals surface area contributed by atoms with E-state index in [2.05, 4.69) is 26.0 Å². The number of ether oxygens (including phenoxy) is 1. The summed E-state index contributed by atoms with van der Waals surface area (Å²) in [5.74, 6) is 0.588. The monoisotopic (exact) mass is 267 g/mol. The fraction of sp³-hybridized carbons (Fsp3) is 0.200. The van der Waals surface area contributed by atoms with Gasteiger partial charge in [0.05, 0.1) is 17.3 Å². The number of methoxy groups -OCH3 is 1. The zero-order chi connectivity index (χ0) is 10.8. The Morgan fingerprint density at radius 1 is 1.40 bits per heavy atom. The lowest BCUT2D eigenvalue weighted by Gasteiger charge is -2.00. The molecule has 0 bridgehead atoms. The van der Waals surface area contributed by atoms with E-state index in [4.69, 9.17) is 4.74 Å². The predicted octanol–water partition coefficient (Wildman–Crippen LogP) is 2.25. The van der Waals surface area contributed by atoms with E-state index < -0.39 is 0 Å². The van der Waals surface area contributed by atoms with Gasteiger partial charge in [-0.05, 0) is 22.0 Å². The van der Waals surface area contributed by atoms with Crippen molar-refractivity contribution >= 4 is 15.9 Å². The second-order valence-electron chi connectivity index (χ2n) is 3.06. The standard InChI is InChI=1S/C10H10BrN3O/c1-14-6-7(11)10(13-14)8-4-3-5-9(12-8)15-2/h3-6H,1-2H3. The molecule has 0 aliphatic carbocycles. The van der Waals surface area contributed by atoms with Gasteiger partial charge in [0.1, 0.15) is 5.69 Å². The van der Waals surface area contributed by atoms with E-state index in [0.717, 1.165) is 15.9 Å². The number of aromatic nitrogens is 3. The molecule has 5 heteroatoms. The maximum absolute atomic E-state index is 5.06. The second kappa shape index (κ2) is 4.02. The maximum Gasteiger partial charge on any atom is 0.213 e. The first kappa shape index (κ1) is 10.2. The number of halogens is 1. The Balaban J connectivity index is 2.49. The molecule has 0 aliphatic heterocycles. The van der Waals surface area contributed by atoms with Crippen molar-refractivity contribution < 1.29 is 4.74 Å². The summed E-state index contributed by atoms with van der Waals surface area (Å²) in [6.45, 7) is 0. The van der Waals surface area contributed by atoms with Crippen LogP contribution in [0.15, 0.2) is 28.9 Å². The van der Waals surface area contributed by atoms with E-state index in [0.29, 0.717) is 5.88 Å². The lowest BCUT2D eigenvalue weighted by molar-refractivity contribution is 0.398. The van der Waals surface area contributed by atoms with Crippen LogP contribution in [-0.2, 0) is 7.05 Å². The third kappa shape index (κ3) is 2.02. The van der Waals surface area contributed by atoms with Gasteiger partial charge >= 0.3 is 0 Å². The summed E-state index contributed by atoms with van der Waals surface area (Å²) < 4.78 is 7.72. The Bertz CT molecular complexity index is 481. The first-order valence-electron chi connectivity index (χ1n) is 4.41. The van der Waals surface area contributed by atoms with Crippen molar-refractivity contribution in [1.82, 2.24) is 14.8 Å². The quantitative estimate of drug-likeness (QED) is 0.838. The van der Waals surface area contributed by atoms with Crippen LogP contribution in [0.2, 0.25) is 0 Å². The van der Waals surface area contributed by atoms with Gasteiger partial charge in [-0.2, -0.15) is 5.10 Å². The highest BCUT2D eigenvalue weighted by molar-refractivity contribution is 9.10. The highest BCUT2D eigenvalue weighted by atomic mass is 79.9. The molecule has 0 fully saturated rings. The second-order valence-corrected chi connectivity index (χ2v) is 3.92. The van der Waals surface area contributed by atoms with Gasteiger partial charge in [-0.3, -0.25) is 4.68 Å². The van der Waals surface area contributed by atoms with Crippen LogP contribution in [0.4, 0.5) is 0 Å². The average molecular weight is 268 g/mol. The molecule has 2 heterocycles. The van der Waals surface area contributed by atoms with Crippen molar-refractivity contribution in [3.05, 3.63) is 28.9 Å². The van der Waals surface area contributed by atoms with Crippen molar-refractivity contribution in [3.8, 4) is 17.3 Å². The molecule has 0 spiro atoms. The minimum absolute atomic E-state index is 0.588. The largest absolute Gasteiger partial charge is 0.481 e. The molecule has 0 aliphatic rings. The molecule has 2 aromatic heterocycles. The lowest BCUT2D eigenvalue weighted by atomic mass is 10.3. The average Bonchev–Trinajstić information content (AvgIpc) is 2.58. The third-order valence-corrected chi connectivity index (χ3v) is 2.54. The Kier molecular flexibility index (Phi) is 2.73. The highest BCUT2D eigenvalue weighted by Crippen LogP contribution is 2.25. The van der Waals surface area contributed by atoms with Gasteiger partial charge < -0.3 is 4.74 Å². The SMILES string of the molecule is COc1cccc(-c2nn(C)cc2Br)n1. The molecule has 0 amide bonds. The van der Waals surface area contributed by atoms with Crippen LogP contribution in [0.5, 0.6) is 5.88 Å². The summed E-state index contributed by atoms with van der Waals surface area (Å²) in [6, 6.07) is 5.60. The minimum Gasteiger partial charge on any atom is -0.481 e. The fourth-order valence-electron chi connectivity index (χ4n) is 1.29. The van der Waals surface area contributed by atoms with Crippen molar-refractivity contribution in [2.24, 2.45) is 7.05 Å². The predicted molar refractivity (Wildman–Crippen MR) is 60.7 cm³/mol. The van der Waals surface area contributed by atoms with Gasteiger partial charge in [-0.1, -0.05) is 6.07 Å². The first-order valence-corrected chi connectivity index (χ1v) is 5.20. The van der Waals surface area contributed by atoms with Crippen LogP contribution in [0, 0.1) is 0 Å². The summed E-state index contributed by atoms with van der Waals surface area (Å²) >= 11 is 3.44. The summed E-state index contributed by atoms with van der Waals surface area (Å²) in [7, 11) is 3.47. The van der Waals surface area contributed by atoms with Gasteiger partial charge in [-0.15, -0.1) is 0 Å². The Hall–Kier alpha value is -1.36. The lowest BCUT2D eigenvalue weighted by Crippen LogP contribution is -1.92. The van der Waals surface area contributed by atoms with Crippen LogP contribution in [-0.4, -0.2) is 21.9 Å². The minimum atomic E-state index is 0.588. The molecular weight excluding hydrogens is 258 g/mol. The fourth-order valence-corrected chi connectivity index (χ4v) is 1.87. The van der Waals surface area contributed by atoms with Crippen molar-refractivity contribution in [2.75, 3.05) is 7.11 Å². The molecule has 0 unspecified atom stereocenters. The van der Waals surface area contributed by atoms with E-state index in [9.17, 15) is 0 Å². The number of hydrogen-bond donors (Lipinski definition) is 0. The summed E-state index contributed by atoms with van der Waals surface area (Å²) in [5, 5.41) is 4.31. The van der Waals surface area contributed by atoms with E-state index in [1.807, 2.05) is 25.4 Å². The Morgan fingerprint density at radius 2 is 2.20 bits per heavy atom. The Morgan fingerprint density at radius 3 is 2.80 bits per heavy atom. The molecule has 0 N–H and O–H groups in total. The summed E-state index contributed by atoms with van der Waals surface area (Å²) in [4.78, 5) is 4.31. The van der Waals surface area contributed by atoms with E-state index in [1.165, 1.54) is 0 Å². The number of hydrogen-bond acceptors (Lipinski definition) is 3. The molecule has 0 saturated heterocycles. The Labute approximate surface area is 96.0 Å². The van der Waals surface area contributed by atoms with Crippen molar-refractivity contribution in [3.63, 3.8) is 0 Å². The zero-order valence-electron chi connectivity index (χ0n) is 8.44. The van der Waals surface area contributed by atoms with Gasteiger partial charge in [0, 0.05) is 19.3 Å². The zero-order valence-corrected chi connectivity index (χ0v) is 10.0. The van der Waals surface area contributed by atoms with E-state index >= 15 is 0 Å². The van der Waals surface area contributed by atoms with Crippen LogP contribution in [0.3, 0.4) is 0 Å². The summed E-state index contributed by atoms with van der Waals surface area (Å²) in [5.41, 5.74) is 1.61. The van der Waals surface area contributed by atoms with Crippen LogP contribution in [0.1, 0.15) is 0 Å². The molecule has 0 saturated carbocycles. The van der Waals surface area contributed by atoms with Gasteiger partial charge in [0.15, 0.2) is 0 Å². The molecule has 0 atom stereocenters. The van der Waals surface area contributed by atoms with Gasteiger partial charge in [0.25, 0.3) is 0 Å². The number of rotatable bonds is 2. The number of pyridine rings is 1. The van der Waals surface area contributed by atoms with E-state index in [-0.39, 0.29) is 0 Å². The van der Waals surface area contributed by atoms with Crippen molar-refractivity contribution in [1.29, 1.82) is 0 Å². The third-order valence-electron chi connectivity index (χ3n) is 1.96. The molecular formula is C10H10BrN3O. The molecule has 2 aromatic rings. The molecule has 0 radical (unpaired) electrons. The topological polar surface area (TPSA) is 39.9 Å². The summed E-state index contributed by atoms with van der Waals surface area (Å²) in [6.07, 6.45) is 1.89. The normalized spacial score (nSPS) is 10.3. The molecule has 15 heavy (non-hydrogen) atoms. The van der Waals surface area contributed by atoms with Crippen LogP contribution in [0.25, 0.3) is 11.4 Å². The van der Waals surface area contributed by atoms with Crippen LogP contribution < -0.4 is 4.74 Å². The van der Waals surface area contributed by atoms with Gasteiger partial charge in [0.2, 0.25) is 5.88 Å². The number of aryl methyl sites for hydroxylation is 1. The molecule has 4 nitrogen and oxygen atoms in total. The maximum atomic E-state index is 5.06. The number of nitrogens with zero attached hydrogens (tertiary/aromatic N) is 3. The smallest absolute Gasteiger partial charge is 0.213 e. The molecule has 0 aromatic carbocycles. The van der Waals surface area contributed by atoms with Crippen molar-refractivity contribution in [2.45, 2.75) is 0 Å². The van der Waals surface area contributed by atoms with Gasteiger partial charge in [-0.25, -0.2) is 4.98 Å². The van der Waals surface area contributed by atoms with Crippen LogP contribution >= 0.6 is 15.9 Å². The molecule has 78 valence electrons. The molecule has 2 rings (SSSR count). The van der Waals surface area contributed by atoms with E-state index in [1.54, 1.807) is 17.9 Å². The first-order chi connectivity index (χ1) is 7.20. The highest BCUT2D eigenvalue weighted by Gasteiger charge is 2.09.